The molecule has 148 valence electrons. The maximum absolute atomic E-state index is 11.6. The predicted molar refractivity (Wildman–Crippen MR) is 108 cm³/mol. The van der Waals surface area contributed by atoms with Crippen molar-refractivity contribution >= 4 is 34.3 Å². The normalized spacial score (nSPS) is 10.8. The first-order chi connectivity index (χ1) is 13.1. The topological polar surface area (TPSA) is 109 Å². The number of hydrogen-bond donors (Lipinski definition) is 1. The Morgan fingerprint density at radius 3 is 2.39 bits per heavy atom. The molecule has 0 saturated heterocycles. The van der Waals surface area contributed by atoms with E-state index < -0.39 is 4.92 Å². The van der Waals surface area contributed by atoms with Crippen molar-refractivity contribution in [2.24, 2.45) is 10.2 Å². The Hall–Kier alpha value is -3.49. The third kappa shape index (κ3) is 4.61. The van der Waals surface area contributed by atoms with E-state index in [0.29, 0.717) is 22.7 Å². The largest absolute Gasteiger partial charge is 0.494 e. The highest BCUT2D eigenvalue weighted by Crippen LogP contribution is 2.40. The number of rotatable bonds is 6. The van der Waals surface area contributed by atoms with Gasteiger partial charge in [0.1, 0.15) is 11.4 Å². The van der Waals surface area contributed by atoms with Crippen LogP contribution in [-0.2, 0) is 4.79 Å². The van der Waals surface area contributed by atoms with Gasteiger partial charge in [-0.2, -0.15) is 0 Å². The second-order valence-electron chi connectivity index (χ2n) is 6.52. The minimum absolute atomic E-state index is 0.126. The van der Waals surface area contributed by atoms with Gasteiger partial charge in [0, 0.05) is 33.2 Å². The molecule has 2 aromatic carbocycles. The maximum atomic E-state index is 11.6. The monoisotopic (exact) mass is 385 g/mol. The molecule has 0 bridgehead atoms. The lowest BCUT2D eigenvalue weighted by molar-refractivity contribution is -0.384. The Morgan fingerprint density at radius 1 is 1.18 bits per heavy atom. The number of nitro benzene ring substituents is 1. The fourth-order valence-electron chi connectivity index (χ4n) is 2.75. The van der Waals surface area contributed by atoms with Crippen LogP contribution in [0.25, 0.3) is 0 Å². The summed E-state index contributed by atoms with van der Waals surface area (Å²) in [5, 5.41) is 22.4. The number of nitrogens with zero attached hydrogens (tertiary/aromatic N) is 4. The lowest BCUT2D eigenvalue weighted by Gasteiger charge is -2.19. The first-order valence-corrected chi connectivity index (χ1v) is 8.48. The molecular formula is C19H23N5O4. The van der Waals surface area contributed by atoms with E-state index in [-0.39, 0.29) is 17.3 Å². The van der Waals surface area contributed by atoms with Crippen LogP contribution in [0.5, 0.6) is 5.75 Å². The Bertz CT molecular complexity index is 954. The molecule has 0 aliphatic rings. The molecular weight excluding hydrogens is 362 g/mol. The van der Waals surface area contributed by atoms with Crippen molar-refractivity contribution in [2.45, 2.75) is 20.8 Å². The van der Waals surface area contributed by atoms with Gasteiger partial charge in [0.05, 0.1) is 23.4 Å². The number of nitro groups is 1. The standard InChI is InChI=1S/C19H23N5O4/c1-11-7-12(2)19(17(8-11)24(26)27)22-21-15-10-18(28-6)16(23(4)5)9-14(15)20-13(3)25/h7-10H,1-6H3,(H,20,25). The SMILES string of the molecule is COc1cc(N=Nc2c(C)cc(C)cc2[N+](=O)[O-])c(NC(C)=O)cc1N(C)C. The van der Waals surface area contributed by atoms with Crippen molar-refractivity contribution in [2.75, 3.05) is 31.4 Å². The van der Waals surface area contributed by atoms with Crippen molar-refractivity contribution in [3.63, 3.8) is 0 Å². The van der Waals surface area contributed by atoms with Crippen LogP contribution in [0.1, 0.15) is 18.1 Å². The molecule has 2 rings (SSSR count). The zero-order valence-corrected chi connectivity index (χ0v) is 16.7. The molecule has 0 unspecified atom stereocenters. The molecule has 0 fully saturated rings. The van der Waals surface area contributed by atoms with E-state index in [2.05, 4.69) is 15.5 Å². The van der Waals surface area contributed by atoms with Crippen LogP contribution in [-0.4, -0.2) is 32.0 Å². The summed E-state index contributed by atoms with van der Waals surface area (Å²) in [5.41, 5.74) is 2.93. The summed E-state index contributed by atoms with van der Waals surface area (Å²) in [6.45, 7) is 4.90. The lowest BCUT2D eigenvalue weighted by atomic mass is 10.1. The molecule has 0 spiro atoms. The zero-order valence-electron chi connectivity index (χ0n) is 16.7. The van der Waals surface area contributed by atoms with Crippen molar-refractivity contribution in [3.8, 4) is 5.75 Å². The van der Waals surface area contributed by atoms with E-state index in [1.807, 2.05) is 19.0 Å². The fraction of sp³-hybridized carbons (Fsp3) is 0.316. The van der Waals surface area contributed by atoms with Gasteiger partial charge < -0.3 is 15.0 Å². The fourth-order valence-corrected chi connectivity index (χ4v) is 2.75. The van der Waals surface area contributed by atoms with Gasteiger partial charge >= 0.3 is 0 Å². The maximum Gasteiger partial charge on any atom is 0.297 e. The number of benzene rings is 2. The summed E-state index contributed by atoms with van der Waals surface area (Å²) < 4.78 is 5.40. The predicted octanol–water partition coefficient (Wildman–Crippen LogP) is 4.66. The summed E-state index contributed by atoms with van der Waals surface area (Å²) in [6.07, 6.45) is 0. The summed E-state index contributed by atoms with van der Waals surface area (Å²) in [4.78, 5) is 24.3. The van der Waals surface area contributed by atoms with Crippen LogP contribution in [0, 0.1) is 24.0 Å². The highest BCUT2D eigenvalue weighted by molar-refractivity contribution is 5.93. The number of nitrogens with one attached hydrogen (secondary N) is 1. The van der Waals surface area contributed by atoms with Gasteiger partial charge in [-0.05, 0) is 31.0 Å². The number of azo groups is 1. The van der Waals surface area contributed by atoms with Gasteiger partial charge in [0.15, 0.2) is 5.69 Å². The Balaban J connectivity index is 2.62. The van der Waals surface area contributed by atoms with Crippen molar-refractivity contribution in [1.82, 2.24) is 0 Å². The molecule has 0 atom stereocenters. The molecule has 0 radical (unpaired) electrons. The summed E-state index contributed by atoms with van der Waals surface area (Å²) >= 11 is 0. The number of carbonyl (C=O) groups excluding carboxylic acids is 1. The van der Waals surface area contributed by atoms with Crippen LogP contribution in [0.3, 0.4) is 0 Å². The quantitative estimate of drug-likeness (QED) is 0.442. The van der Waals surface area contributed by atoms with E-state index in [1.165, 1.54) is 20.1 Å². The second-order valence-corrected chi connectivity index (χ2v) is 6.52. The van der Waals surface area contributed by atoms with Crippen LogP contribution in [0.4, 0.5) is 28.4 Å². The molecule has 0 aliphatic carbocycles. The van der Waals surface area contributed by atoms with Crippen molar-refractivity contribution in [1.29, 1.82) is 0 Å². The van der Waals surface area contributed by atoms with Gasteiger partial charge in [-0.1, -0.05) is 6.07 Å². The summed E-state index contributed by atoms with van der Waals surface area (Å²) in [7, 11) is 5.21. The van der Waals surface area contributed by atoms with Crippen molar-refractivity contribution in [3.05, 3.63) is 45.5 Å². The lowest BCUT2D eigenvalue weighted by Crippen LogP contribution is -2.12. The molecule has 28 heavy (non-hydrogen) atoms. The van der Waals surface area contributed by atoms with Crippen molar-refractivity contribution < 1.29 is 14.5 Å². The average molecular weight is 385 g/mol. The van der Waals surface area contributed by atoms with Gasteiger partial charge in [-0.3, -0.25) is 14.9 Å². The number of aryl methyl sites for hydroxylation is 2. The van der Waals surface area contributed by atoms with E-state index in [0.717, 1.165) is 11.3 Å². The van der Waals surface area contributed by atoms with E-state index in [9.17, 15) is 14.9 Å². The minimum atomic E-state index is -0.487. The highest BCUT2D eigenvalue weighted by atomic mass is 16.6. The first kappa shape index (κ1) is 20.8. The molecule has 9 heteroatoms. The first-order valence-electron chi connectivity index (χ1n) is 8.48. The Labute approximate surface area is 163 Å². The summed E-state index contributed by atoms with van der Waals surface area (Å²) in [6, 6.07) is 6.59. The molecule has 0 saturated carbocycles. The van der Waals surface area contributed by atoms with Gasteiger partial charge in [-0.15, -0.1) is 10.2 Å². The average Bonchev–Trinajstić information content (AvgIpc) is 2.60. The molecule has 0 heterocycles. The van der Waals surface area contributed by atoms with Gasteiger partial charge in [-0.25, -0.2) is 0 Å². The van der Waals surface area contributed by atoms with Crippen LogP contribution >= 0.6 is 0 Å². The van der Waals surface area contributed by atoms with E-state index >= 15 is 0 Å². The Morgan fingerprint density at radius 2 is 1.86 bits per heavy atom. The molecule has 9 nitrogen and oxygen atoms in total. The molecule has 1 amide bonds. The van der Waals surface area contributed by atoms with Crippen LogP contribution in [0.2, 0.25) is 0 Å². The summed E-state index contributed by atoms with van der Waals surface area (Å²) in [5.74, 6) is 0.256. The number of hydrogen-bond acceptors (Lipinski definition) is 7. The Kier molecular flexibility index (Phi) is 6.29. The van der Waals surface area contributed by atoms with E-state index in [4.69, 9.17) is 4.74 Å². The van der Waals surface area contributed by atoms with Crippen LogP contribution < -0.4 is 15.0 Å². The van der Waals surface area contributed by atoms with Gasteiger partial charge in [0.2, 0.25) is 5.91 Å². The highest BCUT2D eigenvalue weighted by Gasteiger charge is 2.18. The van der Waals surface area contributed by atoms with Gasteiger partial charge in [0.25, 0.3) is 5.69 Å². The minimum Gasteiger partial charge on any atom is -0.494 e. The smallest absolute Gasteiger partial charge is 0.297 e. The molecule has 2 aromatic rings. The third-order valence-electron chi connectivity index (χ3n) is 3.97. The molecule has 0 aliphatic heterocycles. The number of anilines is 2. The number of amides is 1. The number of carbonyl (C=O) groups is 1. The zero-order chi connectivity index (χ0) is 21.0. The second kappa shape index (κ2) is 8.47. The molecule has 0 aromatic heterocycles. The molecule has 1 N–H and O–H groups in total. The number of ether oxygens (including phenoxy) is 1. The third-order valence-corrected chi connectivity index (χ3v) is 3.97. The van der Waals surface area contributed by atoms with Crippen LogP contribution in [0.15, 0.2) is 34.5 Å². The number of methoxy groups -OCH3 is 1. The van der Waals surface area contributed by atoms with E-state index in [1.54, 1.807) is 32.0 Å².